The monoisotopic (exact) mass is 375 g/mol. The highest BCUT2D eigenvalue weighted by Gasteiger charge is 2.12. The van der Waals surface area contributed by atoms with Crippen LogP contribution in [0.5, 0.6) is 0 Å². The van der Waals surface area contributed by atoms with Crippen LogP contribution in [0.4, 0.5) is 0 Å². The van der Waals surface area contributed by atoms with Crippen LogP contribution in [-0.2, 0) is 19.4 Å². The molecule has 2 heterocycles. The van der Waals surface area contributed by atoms with Gasteiger partial charge in [-0.1, -0.05) is 29.8 Å². The number of para-hydroxylation sites is 1. The SMILES string of the molecule is O=C(C[n+]1ccc(CCc2c[nH]c3ccccc23)cc1)c1ccc(Cl)cc1. The van der Waals surface area contributed by atoms with Crippen molar-refractivity contribution in [3.05, 3.63) is 101 Å². The number of carbonyl (C=O) groups excluding carboxylic acids is 1. The molecule has 4 heteroatoms. The molecule has 134 valence electrons. The zero-order chi connectivity index (χ0) is 18.6. The molecule has 0 aliphatic heterocycles. The zero-order valence-electron chi connectivity index (χ0n) is 14.9. The second kappa shape index (κ2) is 7.77. The van der Waals surface area contributed by atoms with E-state index >= 15 is 0 Å². The molecule has 0 saturated heterocycles. The fraction of sp³-hybridized carbons (Fsp3) is 0.130. The van der Waals surface area contributed by atoms with Gasteiger partial charge in [-0.15, -0.1) is 0 Å². The molecule has 2 aromatic carbocycles. The second-order valence-electron chi connectivity index (χ2n) is 6.67. The number of halogens is 1. The van der Waals surface area contributed by atoms with Crippen molar-refractivity contribution in [2.45, 2.75) is 19.4 Å². The summed E-state index contributed by atoms with van der Waals surface area (Å²) in [6.45, 7) is 0.324. The number of benzene rings is 2. The third-order valence-electron chi connectivity index (χ3n) is 4.81. The van der Waals surface area contributed by atoms with Crippen LogP contribution in [-0.4, -0.2) is 10.8 Å². The number of aromatic nitrogens is 2. The summed E-state index contributed by atoms with van der Waals surface area (Å²) < 4.78 is 1.91. The first-order valence-electron chi connectivity index (χ1n) is 9.01. The summed E-state index contributed by atoms with van der Waals surface area (Å²) in [6, 6.07) is 19.6. The number of aryl methyl sites for hydroxylation is 2. The standard InChI is InChI=1S/C23H20ClN2O/c24-20-9-7-18(8-10-20)23(27)16-26-13-11-17(12-14-26)5-6-19-15-25-22-4-2-1-3-21(19)22/h1-4,7-15,25H,5-6,16H2/q+1. The first-order valence-corrected chi connectivity index (χ1v) is 9.38. The predicted octanol–water partition coefficient (Wildman–Crippen LogP) is 4.78. The normalized spacial score (nSPS) is 11.0. The lowest BCUT2D eigenvalue weighted by molar-refractivity contribution is -0.683. The van der Waals surface area contributed by atoms with Crippen LogP contribution >= 0.6 is 11.6 Å². The number of pyridine rings is 1. The third kappa shape index (κ3) is 4.09. The highest BCUT2D eigenvalue weighted by Crippen LogP contribution is 2.19. The first kappa shape index (κ1) is 17.5. The van der Waals surface area contributed by atoms with E-state index < -0.39 is 0 Å². The number of ketones is 1. The molecule has 0 amide bonds. The molecule has 1 N–H and O–H groups in total. The Morgan fingerprint density at radius 1 is 0.926 bits per heavy atom. The van der Waals surface area contributed by atoms with E-state index in [1.807, 2.05) is 23.0 Å². The Balaban J connectivity index is 1.38. The minimum atomic E-state index is 0.0724. The van der Waals surface area contributed by atoms with Crippen molar-refractivity contribution in [2.75, 3.05) is 0 Å². The maximum absolute atomic E-state index is 12.3. The molecule has 27 heavy (non-hydrogen) atoms. The fourth-order valence-electron chi connectivity index (χ4n) is 3.27. The topological polar surface area (TPSA) is 36.7 Å². The van der Waals surface area contributed by atoms with E-state index in [2.05, 4.69) is 41.5 Å². The molecule has 4 aromatic rings. The molecular weight excluding hydrogens is 356 g/mol. The number of H-pyrrole nitrogens is 1. The molecule has 4 rings (SSSR count). The Morgan fingerprint density at radius 2 is 1.67 bits per heavy atom. The number of carbonyl (C=O) groups is 1. The Kier molecular flexibility index (Phi) is 5.03. The van der Waals surface area contributed by atoms with Crippen LogP contribution in [0, 0.1) is 0 Å². The summed E-state index contributed by atoms with van der Waals surface area (Å²) in [7, 11) is 0. The molecule has 0 unspecified atom stereocenters. The summed E-state index contributed by atoms with van der Waals surface area (Å²) in [5.41, 5.74) is 4.45. The van der Waals surface area contributed by atoms with Gasteiger partial charge in [0, 0.05) is 39.8 Å². The minimum absolute atomic E-state index is 0.0724. The van der Waals surface area contributed by atoms with Crippen molar-refractivity contribution < 1.29 is 9.36 Å². The van der Waals surface area contributed by atoms with Crippen LogP contribution in [0.3, 0.4) is 0 Å². The lowest BCUT2D eigenvalue weighted by Gasteiger charge is -2.02. The molecule has 3 nitrogen and oxygen atoms in total. The molecule has 2 aromatic heterocycles. The summed E-state index contributed by atoms with van der Waals surface area (Å²) in [6.07, 6.45) is 7.99. The van der Waals surface area contributed by atoms with Gasteiger partial charge in [0.2, 0.25) is 12.3 Å². The van der Waals surface area contributed by atoms with Crippen molar-refractivity contribution >= 4 is 28.3 Å². The molecule has 0 radical (unpaired) electrons. The third-order valence-corrected chi connectivity index (χ3v) is 5.06. The van der Waals surface area contributed by atoms with E-state index in [4.69, 9.17) is 11.6 Å². The Hall–Kier alpha value is -2.91. The number of hydrogen-bond acceptors (Lipinski definition) is 1. The second-order valence-corrected chi connectivity index (χ2v) is 7.10. The van der Waals surface area contributed by atoms with Crippen LogP contribution in [0.2, 0.25) is 5.02 Å². The van der Waals surface area contributed by atoms with Gasteiger partial charge >= 0.3 is 0 Å². The van der Waals surface area contributed by atoms with Crippen LogP contribution < -0.4 is 4.57 Å². The van der Waals surface area contributed by atoms with Crippen molar-refractivity contribution in [2.24, 2.45) is 0 Å². The average Bonchev–Trinajstić information content (AvgIpc) is 3.11. The predicted molar refractivity (Wildman–Crippen MR) is 108 cm³/mol. The highest BCUT2D eigenvalue weighted by molar-refractivity contribution is 6.30. The Bertz CT molecular complexity index is 1070. The van der Waals surface area contributed by atoms with E-state index in [1.54, 1.807) is 24.3 Å². The van der Waals surface area contributed by atoms with Gasteiger partial charge in [0.15, 0.2) is 12.4 Å². The quantitative estimate of drug-likeness (QED) is 0.382. The number of hydrogen-bond donors (Lipinski definition) is 1. The Morgan fingerprint density at radius 3 is 2.44 bits per heavy atom. The van der Waals surface area contributed by atoms with Gasteiger partial charge < -0.3 is 4.98 Å². The molecule has 0 aliphatic carbocycles. The molecular formula is C23H20ClN2O+. The summed E-state index contributed by atoms with van der Waals surface area (Å²) in [5, 5.41) is 1.93. The van der Waals surface area contributed by atoms with Gasteiger partial charge in [-0.25, -0.2) is 0 Å². The molecule has 0 atom stereocenters. The van der Waals surface area contributed by atoms with Crippen molar-refractivity contribution in [3.8, 4) is 0 Å². The molecule has 0 aliphatic rings. The molecule has 0 fully saturated rings. The van der Waals surface area contributed by atoms with E-state index in [9.17, 15) is 4.79 Å². The van der Waals surface area contributed by atoms with Crippen LogP contribution in [0.25, 0.3) is 10.9 Å². The lowest BCUT2D eigenvalue weighted by Crippen LogP contribution is -2.37. The fourth-order valence-corrected chi connectivity index (χ4v) is 3.40. The number of Topliss-reactive ketones (excluding diaryl/α,β-unsaturated/α-hetero) is 1. The summed E-state index contributed by atoms with van der Waals surface area (Å²) in [5.74, 6) is 0.0724. The minimum Gasteiger partial charge on any atom is -0.361 e. The summed E-state index contributed by atoms with van der Waals surface area (Å²) in [4.78, 5) is 15.7. The Labute approximate surface area is 163 Å². The van der Waals surface area contributed by atoms with Crippen molar-refractivity contribution in [1.82, 2.24) is 4.98 Å². The van der Waals surface area contributed by atoms with E-state index in [0.29, 0.717) is 17.1 Å². The molecule has 0 saturated carbocycles. The van der Waals surface area contributed by atoms with E-state index in [-0.39, 0.29) is 5.78 Å². The van der Waals surface area contributed by atoms with Gasteiger partial charge in [0.1, 0.15) is 0 Å². The largest absolute Gasteiger partial charge is 0.361 e. The number of fused-ring (bicyclic) bond motifs is 1. The first-order chi connectivity index (χ1) is 13.2. The van der Waals surface area contributed by atoms with Crippen LogP contribution in [0.1, 0.15) is 21.5 Å². The number of nitrogens with zero attached hydrogens (tertiary/aromatic N) is 1. The molecule has 0 bridgehead atoms. The van der Waals surface area contributed by atoms with E-state index in [0.717, 1.165) is 12.8 Å². The molecule has 0 spiro atoms. The number of rotatable bonds is 6. The maximum atomic E-state index is 12.3. The average molecular weight is 376 g/mol. The van der Waals surface area contributed by atoms with Gasteiger partial charge in [0.05, 0.1) is 0 Å². The summed E-state index contributed by atoms with van der Waals surface area (Å²) >= 11 is 5.87. The van der Waals surface area contributed by atoms with E-state index in [1.165, 1.54) is 22.0 Å². The highest BCUT2D eigenvalue weighted by atomic mass is 35.5. The van der Waals surface area contributed by atoms with Gasteiger partial charge in [-0.3, -0.25) is 4.79 Å². The maximum Gasteiger partial charge on any atom is 0.227 e. The zero-order valence-corrected chi connectivity index (χ0v) is 15.6. The number of aromatic amines is 1. The van der Waals surface area contributed by atoms with Crippen LogP contribution in [0.15, 0.2) is 79.3 Å². The lowest BCUT2D eigenvalue weighted by atomic mass is 10.0. The van der Waals surface area contributed by atoms with Gasteiger partial charge in [-0.05, 0) is 54.3 Å². The van der Waals surface area contributed by atoms with Crippen molar-refractivity contribution in [1.29, 1.82) is 0 Å². The van der Waals surface area contributed by atoms with Crippen molar-refractivity contribution in [3.63, 3.8) is 0 Å². The van der Waals surface area contributed by atoms with Gasteiger partial charge in [-0.2, -0.15) is 4.57 Å². The smallest absolute Gasteiger partial charge is 0.227 e. The van der Waals surface area contributed by atoms with Gasteiger partial charge in [0.25, 0.3) is 0 Å². The number of nitrogens with one attached hydrogen (secondary N) is 1.